The summed E-state index contributed by atoms with van der Waals surface area (Å²) in [5.74, 6) is 0.674. The standard InChI is InChI=1S/C13H17ClN2OS/c14-11-4-3-10(8-15)12(7-11)18-9-13(17)16-5-1-2-6-16/h3-4,7H,1-2,5-6,8-9,15H2. The molecule has 0 radical (unpaired) electrons. The monoisotopic (exact) mass is 284 g/mol. The number of amides is 1. The van der Waals surface area contributed by atoms with E-state index in [1.165, 1.54) is 11.8 Å². The number of benzene rings is 1. The maximum atomic E-state index is 11.9. The smallest absolute Gasteiger partial charge is 0.232 e. The molecule has 2 N–H and O–H groups in total. The third-order valence-electron chi connectivity index (χ3n) is 3.06. The molecule has 5 heteroatoms. The van der Waals surface area contributed by atoms with Crippen LogP contribution in [0.5, 0.6) is 0 Å². The normalized spacial score (nSPS) is 15.1. The fourth-order valence-electron chi connectivity index (χ4n) is 2.03. The highest BCUT2D eigenvalue weighted by Crippen LogP contribution is 2.26. The van der Waals surface area contributed by atoms with Gasteiger partial charge in [-0.05, 0) is 30.5 Å². The summed E-state index contributed by atoms with van der Waals surface area (Å²) in [6.45, 7) is 2.27. The van der Waals surface area contributed by atoms with Crippen molar-refractivity contribution in [2.24, 2.45) is 5.73 Å². The van der Waals surface area contributed by atoms with Gasteiger partial charge < -0.3 is 10.6 Å². The molecule has 18 heavy (non-hydrogen) atoms. The Morgan fingerprint density at radius 2 is 2.11 bits per heavy atom. The lowest BCUT2D eigenvalue weighted by Crippen LogP contribution is -2.29. The van der Waals surface area contributed by atoms with E-state index in [1.807, 2.05) is 23.1 Å². The summed E-state index contributed by atoms with van der Waals surface area (Å²) in [5.41, 5.74) is 6.72. The molecule has 0 unspecified atom stereocenters. The summed E-state index contributed by atoms with van der Waals surface area (Å²) in [4.78, 5) is 14.9. The fourth-order valence-corrected chi connectivity index (χ4v) is 3.27. The van der Waals surface area contributed by atoms with E-state index in [2.05, 4.69) is 0 Å². The number of likely N-dealkylation sites (tertiary alicyclic amines) is 1. The van der Waals surface area contributed by atoms with Gasteiger partial charge in [-0.2, -0.15) is 0 Å². The van der Waals surface area contributed by atoms with E-state index in [1.54, 1.807) is 0 Å². The van der Waals surface area contributed by atoms with E-state index >= 15 is 0 Å². The fraction of sp³-hybridized carbons (Fsp3) is 0.462. The Kier molecular flexibility index (Phi) is 4.92. The van der Waals surface area contributed by atoms with Crippen molar-refractivity contribution in [3.63, 3.8) is 0 Å². The van der Waals surface area contributed by atoms with Gasteiger partial charge >= 0.3 is 0 Å². The van der Waals surface area contributed by atoms with Gasteiger partial charge in [-0.1, -0.05) is 17.7 Å². The van der Waals surface area contributed by atoms with Crippen molar-refractivity contribution in [2.75, 3.05) is 18.8 Å². The molecule has 1 amide bonds. The predicted octanol–water partition coefficient (Wildman–Crippen LogP) is 2.51. The van der Waals surface area contributed by atoms with E-state index in [4.69, 9.17) is 17.3 Å². The van der Waals surface area contributed by atoms with Gasteiger partial charge in [0.25, 0.3) is 0 Å². The van der Waals surface area contributed by atoms with Gasteiger partial charge in [-0.25, -0.2) is 0 Å². The second-order valence-electron chi connectivity index (χ2n) is 4.33. The van der Waals surface area contributed by atoms with Gasteiger partial charge in [0.2, 0.25) is 5.91 Å². The van der Waals surface area contributed by atoms with Crippen molar-refractivity contribution in [3.8, 4) is 0 Å². The van der Waals surface area contributed by atoms with Crippen molar-refractivity contribution in [2.45, 2.75) is 24.3 Å². The van der Waals surface area contributed by atoms with Crippen LogP contribution in [0.2, 0.25) is 5.02 Å². The summed E-state index contributed by atoms with van der Waals surface area (Å²) in [6, 6.07) is 5.63. The van der Waals surface area contributed by atoms with E-state index in [0.717, 1.165) is 36.4 Å². The highest BCUT2D eigenvalue weighted by molar-refractivity contribution is 8.00. The molecule has 0 bridgehead atoms. The molecule has 98 valence electrons. The first kappa shape index (κ1) is 13.7. The molecule has 1 aromatic rings. The predicted molar refractivity (Wildman–Crippen MR) is 75.9 cm³/mol. The number of carbonyl (C=O) groups excluding carboxylic acids is 1. The van der Waals surface area contributed by atoms with Crippen molar-refractivity contribution in [1.29, 1.82) is 0 Å². The molecule has 3 nitrogen and oxygen atoms in total. The first-order chi connectivity index (χ1) is 8.70. The van der Waals surface area contributed by atoms with Crippen LogP contribution in [0.15, 0.2) is 23.1 Å². The van der Waals surface area contributed by atoms with Crippen LogP contribution in [0, 0.1) is 0 Å². The second kappa shape index (κ2) is 6.45. The SMILES string of the molecule is NCc1ccc(Cl)cc1SCC(=O)N1CCCC1. The van der Waals surface area contributed by atoms with Crippen LogP contribution < -0.4 is 5.73 Å². The molecular weight excluding hydrogens is 268 g/mol. The van der Waals surface area contributed by atoms with Crippen molar-refractivity contribution in [1.82, 2.24) is 4.90 Å². The maximum absolute atomic E-state index is 11.9. The number of rotatable bonds is 4. The lowest BCUT2D eigenvalue weighted by Gasteiger charge is -2.15. The first-order valence-corrected chi connectivity index (χ1v) is 7.46. The quantitative estimate of drug-likeness (QED) is 0.864. The van der Waals surface area contributed by atoms with Gasteiger partial charge in [-0.3, -0.25) is 4.79 Å². The third-order valence-corrected chi connectivity index (χ3v) is 4.38. The summed E-state index contributed by atoms with van der Waals surface area (Å²) in [7, 11) is 0. The molecule has 0 aliphatic carbocycles. The number of carbonyl (C=O) groups is 1. The molecule has 1 aliphatic heterocycles. The minimum Gasteiger partial charge on any atom is -0.342 e. The molecule has 0 atom stereocenters. The van der Waals surface area contributed by atoms with Gasteiger partial charge in [0, 0.05) is 29.6 Å². The molecule has 1 aromatic carbocycles. The van der Waals surface area contributed by atoms with Crippen LogP contribution in [0.3, 0.4) is 0 Å². The number of nitrogens with two attached hydrogens (primary N) is 1. The highest BCUT2D eigenvalue weighted by Gasteiger charge is 2.18. The molecule has 1 heterocycles. The van der Waals surface area contributed by atoms with Crippen LogP contribution in [0.4, 0.5) is 0 Å². The number of nitrogens with zero attached hydrogens (tertiary/aromatic N) is 1. The minimum atomic E-state index is 0.209. The van der Waals surface area contributed by atoms with E-state index in [-0.39, 0.29) is 5.91 Å². The van der Waals surface area contributed by atoms with Crippen LogP contribution in [0.1, 0.15) is 18.4 Å². The summed E-state index contributed by atoms with van der Waals surface area (Å²) in [5, 5.41) is 0.684. The number of halogens is 1. The Morgan fingerprint density at radius 1 is 1.39 bits per heavy atom. The lowest BCUT2D eigenvalue weighted by atomic mass is 10.2. The lowest BCUT2D eigenvalue weighted by molar-refractivity contribution is -0.127. The van der Waals surface area contributed by atoms with Crippen LogP contribution >= 0.6 is 23.4 Å². The zero-order valence-electron chi connectivity index (χ0n) is 10.2. The zero-order chi connectivity index (χ0) is 13.0. The number of hydrogen-bond acceptors (Lipinski definition) is 3. The highest BCUT2D eigenvalue weighted by atomic mass is 35.5. The Morgan fingerprint density at radius 3 is 2.78 bits per heavy atom. The molecule has 0 spiro atoms. The van der Waals surface area contributed by atoms with Gasteiger partial charge in [0.15, 0.2) is 0 Å². The molecule has 2 rings (SSSR count). The third kappa shape index (κ3) is 3.40. The Bertz CT molecular complexity index is 433. The van der Waals surface area contributed by atoms with Crippen molar-refractivity contribution < 1.29 is 4.79 Å². The van der Waals surface area contributed by atoms with Crippen molar-refractivity contribution in [3.05, 3.63) is 28.8 Å². The van der Waals surface area contributed by atoms with Gasteiger partial charge in [0.05, 0.1) is 5.75 Å². The van der Waals surface area contributed by atoms with Crippen LogP contribution in [-0.2, 0) is 11.3 Å². The van der Waals surface area contributed by atoms with E-state index in [9.17, 15) is 4.79 Å². The number of hydrogen-bond donors (Lipinski definition) is 1. The first-order valence-electron chi connectivity index (χ1n) is 6.10. The Hall–Kier alpha value is -0.710. The molecule has 1 fully saturated rings. The average molecular weight is 285 g/mol. The van der Waals surface area contributed by atoms with Crippen LogP contribution in [-0.4, -0.2) is 29.6 Å². The minimum absolute atomic E-state index is 0.209. The molecule has 0 saturated carbocycles. The maximum Gasteiger partial charge on any atom is 0.232 e. The second-order valence-corrected chi connectivity index (χ2v) is 5.79. The average Bonchev–Trinajstić information content (AvgIpc) is 2.90. The van der Waals surface area contributed by atoms with Gasteiger partial charge in [0.1, 0.15) is 0 Å². The molecule has 0 aromatic heterocycles. The van der Waals surface area contributed by atoms with E-state index in [0.29, 0.717) is 17.3 Å². The summed E-state index contributed by atoms with van der Waals surface area (Å²) < 4.78 is 0. The molecule has 1 saturated heterocycles. The van der Waals surface area contributed by atoms with Gasteiger partial charge in [-0.15, -0.1) is 11.8 Å². The van der Waals surface area contributed by atoms with Crippen LogP contribution in [0.25, 0.3) is 0 Å². The largest absolute Gasteiger partial charge is 0.342 e. The van der Waals surface area contributed by atoms with Crippen molar-refractivity contribution >= 4 is 29.3 Å². The molecular formula is C13H17ClN2OS. The Labute approximate surface area is 117 Å². The van der Waals surface area contributed by atoms with E-state index < -0.39 is 0 Å². The number of thioether (sulfide) groups is 1. The summed E-state index contributed by atoms with van der Waals surface area (Å²) in [6.07, 6.45) is 2.25. The zero-order valence-corrected chi connectivity index (χ0v) is 11.8. The summed E-state index contributed by atoms with van der Waals surface area (Å²) >= 11 is 7.49. The Balaban J connectivity index is 1.96. The topological polar surface area (TPSA) is 46.3 Å². The molecule has 1 aliphatic rings.